The predicted molar refractivity (Wildman–Crippen MR) is 108 cm³/mol. The standard InChI is InChI=1S/C22H22ClN3O2/c23-19-10-4-3-7-16(19)13-18-9-2-1-5-12-26(18)22(27)20-15-28-21(25-20)17-8-6-11-24-14-17/h3-4,6-8,10-11,14-15,18H,1-2,5,9,12-13H2. The first-order chi connectivity index (χ1) is 13.7. The average Bonchev–Trinajstić information content (AvgIpc) is 3.11. The van der Waals surface area contributed by atoms with Gasteiger partial charge in [-0.25, -0.2) is 4.98 Å². The van der Waals surface area contributed by atoms with E-state index < -0.39 is 0 Å². The Bertz CT molecular complexity index is 942. The third-order valence-electron chi connectivity index (χ3n) is 5.18. The van der Waals surface area contributed by atoms with E-state index in [4.69, 9.17) is 16.0 Å². The molecule has 1 unspecified atom stereocenters. The maximum absolute atomic E-state index is 13.2. The number of benzene rings is 1. The van der Waals surface area contributed by atoms with Crippen LogP contribution in [0.3, 0.4) is 0 Å². The minimum atomic E-state index is -0.0853. The van der Waals surface area contributed by atoms with E-state index >= 15 is 0 Å². The lowest BCUT2D eigenvalue weighted by atomic mass is 10.0. The van der Waals surface area contributed by atoms with Crippen molar-refractivity contribution in [3.8, 4) is 11.5 Å². The summed E-state index contributed by atoms with van der Waals surface area (Å²) < 4.78 is 5.55. The lowest BCUT2D eigenvalue weighted by Gasteiger charge is -2.29. The Balaban J connectivity index is 1.57. The number of aromatic nitrogens is 2. The molecule has 1 amide bonds. The highest BCUT2D eigenvalue weighted by molar-refractivity contribution is 6.31. The van der Waals surface area contributed by atoms with Gasteiger partial charge < -0.3 is 9.32 Å². The molecule has 28 heavy (non-hydrogen) atoms. The van der Waals surface area contributed by atoms with E-state index in [1.165, 1.54) is 6.26 Å². The molecule has 0 radical (unpaired) electrons. The number of likely N-dealkylation sites (tertiary alicyclic amines) is 1. The summed E-state index contributed by atoms with van der Waals surface area (Å²) in [6.45, 7) is 0.725. The van der Waals surface area contributed by atoms with E-state index in [2.05, 4.69) is 9.97 Å². The zero-order valence-corrected chi connectivity index (χ0v) is 16.3. The SMILES string of the molecule is O=C(c1coc(-c2cccnc2)n1)N1CCCCCC1Cc1ccccc1Cl. The summed E-state index contributed by atoms with van der Waals surface area (Å²) in [6.07, 6.45) is 9.76. The lowest BCUT2D eigenvalue weighted by Crippen LogP contribution is -2.41. The fourth-order valence-corrected chi connectivity index (χ4v) is 3.93. The molecule has 3 aromatic rings. The van der Waals surface area contributed by atoms with Crippen LogP contribution >= 0.6 is 11.6 Å². The van der Waals surface area contributed by atoms with Crippen LogP contribution in [-0.2, 0) is 6.42 Å². The molecule has 0 aliphatic carbocycles. The number of nitrogens with zero attached hydrogens (tertiary/aromatic N) is 3. The molecule has 1 aliphatic heterocycles. The van der Waals surface area contributed by atoms with Crippen LogP contribution in [-0.4, -0.2) is 33.4 Å². The van der Waals surface area contributed by atoms with Crippen molar-refractivity contribution in [2.45, 2.75) is 38.1 Å². The van der Waals surface area contributed by atoms with Crippen LogP contribution in [0.5, 0.6) is 0 Å². The summed E-state index contributed by atoms with van der Waals surface area (Å²) >= 11 is 6.36. The zero-order chi connectivity index (χ0) is 19.3. The largest absolute Gasteiger partial charge is 0.444 e. The first-order valence-electron chi connectivity index (χ1n) is 9.62. The summed E-state index contributed by atoms with van der Waals surface area (Å²) in [5.74, 6) is 0.326. The van der Waals surface area contributed by atoms with E-state index in [-0.39, 0.29) is 11.9 Å². The number of amides is 1. The van der Waals surface area contributed by atoms with Crippen LogP contribution in [0.25, 0.3) is 11.5 Å². The van der Waals surface area contributed by atoms with E-state index in [0.29, 0.717) is 11.6 Å². The van der Waals surface area contributed by atoms with Gasteiger partial charge in [-0.1, -0.05) is 42.6 Å². The van der Waals surface area contributed by atoms with Crippen LogP contribution in [0.4, 0.5) is 0 Å². The van der Waals surface area contributed by atoms with Gasteiger partial charge in [-0.3, -0.25) is 9.78 Å². The molecule has 1 saturated heterocycles. The molecule has 5 nitrogen and oxygen atoms in total. The van der Waals surface area contributed by atoms with Gasteiger partial charge in [0.15, 0.2) is 5.69 Å². The Kier molecular flexibility index (Phi) is 5.72. The van der Waals surface area contributed by atoms with Crippen LogP contribution in [0.15, 0.2) is 59.5 Å². The zero-order valence-electron chi connectivity index (χ0n) is 15.6. The predicted octanol–water partition coefficient (Wildman–Crippen LogP) is 5.02. The second kappa shape index (κ2) is 8.57. The van der Waals surface area contributed by atoms with Gasteiger partial charge in [-0.05, 0) is 43.0 Å². The highest BCUT2D eigenvalue weighted by Crippen LogP contribution is 2.26. The summed E-state index contributed by atoms with van der Waals surface area (Å²) in [4.78, 5) is 23.7. The molecule has 0 spiro atoms. The Labute approximate surface area is 169 Å². The third-order valence-corrected chi connectivity index (χ3v) is 5.55. The van der Waals surface area contributed by atoms with Crippen molar-refractivity contribution in [3.63, 3.8) is 0 Å². The van der Waals surface area contributed by atoms with E-state index in [1.807, 2.05) is 41.3 Å². The van der Waals surface area contributed by atoms with Gasteiger partial charge >= 0.3 is 0 Å². The number of pyridine rings is 1. The monoisotopic (exact) mass is 395 g/mol. The second-order valence-corrected chi connectivity index (χ2v) is 7.48. The number of rotatable bonds is 4. The Morgan fingerprint density at radius 3 is 2.89 bits per heavy atom. The number of oxazole rings is 1. The van der Waals surface area contributed by atoms with E-state index in [9.17, 15) is 4.79 Å². The fourth-order valence-electron chi connectivity index (χ4n) is 3.72. The first-order valence-corrected chi connectivity index (χ1v) is 10.0. The molecule has 0 bridgehead atoms. The summed E-state index contributed by atoms with van der Waals surface area (Å²) in [5.41, 5.74) is 2.17. The number of carbonyl (C=O) groups excluding carboxylic acids is 1. The number of hydrogen-bond acceptors (Lipinski definition) is 4. The molecular weight excluding hydrogens is 374 g/mol. The Morgan fingerprint density at radius 1 is 1.18 bits per heavy atom. The number of halogens is 1. The third kappa shape index (κ3) is 4.09. The minimum absolute atomic E-state index is 0.0853. The molecule has 144 valence electrons. The second-order valence-electron chi connectivity index (χ2n) is 7.08. The van der Waals surface area contributed by atoms with Gasteiger partial charge in [0, 0.05) is 30.0 Å². The van der Waals surface area contributed by atoms with Crippen LogP contribution in [0, 0.1) is 0 Å². The van der Waals surface area contributed by atoms with Crippen LogP contribution < -0.4 is 0 Å². The summed E-state index contributed by atoms with van der Waals surface area (Å²) in [7, 11) is 0. The highest BCUT2D eigenvalue weighted by Gasteiger charge is 2.29. The molecule has 1 aliphatic rings. The van der Waals surface area contributed by atoms with E-state index in [1.54, 1.807) is 12.4 Å². The molecule has 0 saturated carbocycles. The van der Waals surface area contributed by atoms with Crippen molar-refractivity contribution in [1.82, 2.24) is 14.9 Å². The van der Waals surface area contributed by atoms with Gasteiger partial charge in [0.25, 0.3) is 5.91 Å². The van der Waals surface area contributed by atoms with Crippen molar-refractivity contribution in [1.29, 1.82) is 0 Å². The molecule has 0 N–H and O–H groups in total. The quantitative estimate of drug-likeness (QED) is 0.622. The maximum atomic E-state index is 13.2. The highest BCUT2D eigenvalue weighted by atomic mass is 35.5. The van der Waals surface area contributed by atoms with Gasteiger partial charge in [-0.2, -0.15) is 0 Å². The molecule has 1 fully saturated rings. The molecule has 2 aromatic heterocycles. The molecular formula is C22H22ClN3O2. The smallest absolute Gasteiger partial charge is 0.276 e. The van der Waals surface area contributed by atoms with Crippen LogP contribution in [0.1, 0.15) is 41.7 Å². The van der Waals surface area contributed by atoms with Crippen molar-refractivity contribution < 1.29 is 9.21 Å². The maximum Gasteiger partial charge on any atom is 0.276 e. The molecule has 4 rings (SSSR count). The van der Waals surface area contributed by atoms with Gasteiger partial charge in [0.2, 0.25) is 5.89 Å². The average molecular weight is 396 g/mol. The minimum Gasteiger partial charge on any atom is -0.444 e. The Morgan fingerprint density at radius 2 is 2.07 bits per heavy atom. The van der Waals surface area contributed by atoms with E-state index in [0.717, 1.165) is 54.8 Å². The van der Waals surface area contributed by atoms with Crippen molar-refractivity contribution in [3.05, 3.63) is 71.3 Å². The lowest BCUT2D eigenvalue weighted by molar-refractivity contribution is 0.0676. The molecule has 6 heteroatoms. The number of hydrogen-bond donors (Lipinski definition) is 0. The molecule has 1 aromatic carbocycles. The Hall–Kier alpha value is -2.66. The normalized spacial score (nSPS) is 17.3. The topological polar surface area (TPSA) is 59.2 Å². The first kappa shape index (κ1) is 18.7. The van der Waals surface area contributed by atoms with Crippen LogP contribution in [0.2, 0.25) is 5.02 Å². The van der Waals surface area contributed by atoms with Crippen molar-refractivity contribution in [2.24, 2.45) is 0 Å². The van der Waals surface area contributed by atoms with Crippen molar-refractivity contribution in [2.75, 3.05) is 6.54 Å². The summed E-state index contributed by atoms with van der Waals surface area (Å²) in [6, 6.07) is 11.6. The molecule has 1 atom stereocenters. The van der Waals surface area contributed by atoms with Gasteiger partial charge in [-0.15, -0.1) is 0 Å². The van der Waals surface area contributed by atoms with Gasteiger partial charge in [0.1, 0.15) is 6.26 Å². The fraction of sp³-hybridized carbons (Fsp3) is 0.318. The van der Waals surface area contributed by atoms with Gasteiger partial charge in [0.05, 0.1) is 5.56 Å². The van der Waals surface area contributed by atoms with Crippen molar-refractivity contribution >= 4 is 17.5 Å². The summed E-state index contributed by atoms with van der Waals surface area (Å²) in [5, 5.41) is 0.749. The molecule has 3 heterocycles. The number of carbonyl (C=O) groups is 1.